The Kier molecular flexibility index (Phi) is 2.32. The van der Waals surface area contributed by atoms with Gasteiger partial charge in [0, 0.05) is 6.20 Å². The molecule has 1 heterocycles. The molecule has 5 heteroatoms. The number of aryl methyl sites for hydroxylation is 1. The van der Waals surface area contributed by atoms with E-state index in [4.69, 9.17) is 5.73 Å². The molecule has 2 nitrogen and oxygen atoms in total. The van der Waals surface area contributed by atoms with Crippen LogP contribution in [-0.4, -0.2) is 11.2 Å². The highest BCUT2D eigenvalue weighted by atomic mass is 19.4. The fraction of sp³-hybridized carbons (Fsp3) is 0.500. The third-order valence-electron chi connectivity index (χ3n) is 2.80. The molecule has 1 aromatic heterocycles. The van der Waals surface area contributed by atoms with Crippen LogP contribution in [0.25, 0.3) is 0 Å². The molecule has 0 fully saturated rings. The SMILES string of the molecule is Nc1cc2c(cn1)C[C@H](C(F)(F)F)CC2. The highest BCUT2D eigenvalue weighted by molar-refractivity contribution is 5.38. The first kappa shape index (κ1) is 10.3. The lowest BCUT2D eigenvalue weighted by Crippen LogP contribution is -2.29. The monoisotopic (exact) mass is 216 g/mol. The second-order valence-electron chi connectivity index (χ2n) is 3.86. The van der Waals surface area contributed by atoms with Gasteiger partial charge in [-0.25, -0.2) is 4.98 Å². The molecule has 0 saturated heterocycles. The number of aromatic nitrogens is 1. The van der Waals surface area contributed by atoms with Gasteiger partial charge in [0.2, 0.25) is 0 Å². The van der Waals surface area contributed by atoms with Gasteiger partial charge in [-0.1, -0.05) is 0 Å². The average Bonchev–Trinajstić information content (AvgIpc) is 2.15. The standard InChI is InChI=1S/C10H11F3N2/c11-10(12,13)8-2-1-6-4-9(14)15-5-7(6)3-8/h4-5,8H,1-3H2,(H2,14,15)/t8-/m1/s1. The summed E-state index contributed by atoms with van der Waals surface area (Å²) < 4.78 is 37.4. The summed E-state index contributed by atoms with van der Waals surface area (Å²) in [4.78, 5) is 3.82. The van der Waals surface area contributed by atoms with Gasteiger partial charge in [0.1, 0.15) is 5.82 Å². The minimum atomic E-state index is -4.10. The van der Waals surface area contributed by atoms with Crippen molar-refractivity contribution >= 4 is 5.82 Å². The summed E-state index contributed by atoms with van der Waals surface area (Å²) in [5.74, 6) is -0.852. The van der Waals surface area contributed by atoms with Crippen LogP contribution in [0.2, 0.25) is 0 Å². The molecule has 1 aliphatic rings. The van der Waals surface area contributed by atoms with Crippen LogP contribution in [0.3, 0.4) is 0 Å². The number of halogens is 3. The Morgan fingerprint density at radius 3 is 2.73 bits per heavy atom. The molecular weight excluding hydrogens is 205 g/mol. The van der Waals surface area contributed by atoms with Crippen LogP contribution in [0, 0.1) is 5.92 Å². The second-order valence-corrected chi connectivity index (χ2v) is 3.86. The molecule has 0 aromatic carbocycles. The van der Waals surface area contributed by atoms with E-state index in [1.165, 1.54) is 6.20 Å². The van der Waals surface area contributed by atoms with E-state index < -0.39 is 12.1 Å². The minimum absolute atomic E-state index is 0.0338. The van der Waals surface area contributed by atoms with E-state index in [0.29, 0.717) is 17.8 Å². The van der Waals surface area contributed by atoms with Gasteiger partial charge in [0.25, 0.3) is 0 Å². The summed E-state index contributed by atoms with van der Waals surface area (Å²) in [6.07, 6.45) is -2.01. The Balaban J connectivity index is 2.24. The number of nitrogens with two attached hydrogens (primary N) is 1. The number of fused-ring (bicyclic) bond motifs is 1. The van der Waals surface area contributed by atoms with Crippen molar-refractivity contribution in [3.63, 3.8) is 0 Å². The first-order valence-electron chi connectivity index (χ1n) is 4.77. The van der Waals surface area contributed by atoms with Crippen molar-refractivity contribution in [2.45, 2.75) is 25.4 Å². The predicted molar refractivity (Wildman–Crippen MR) is 50.2 cm³/mol. The van der Waals surface area contributed by atoms with Crippen molar-refractivity contribution in [2.24, 2.45) is 5.92 Å². The number of alkyl halides is 3. The molecule has 0 radical (unpaired) electrons. The van der Waals surface area contributed by atoms with E-state index in [2.05, 4.69) is 4.98 Å². The molecule has 2 rings (SSSR count). The molecule has 0 aliphatic heterocycles. The van der Waals surface area contributed by atoms with E-state index >= 15 is 0 Å². The normalized spacial score (nSPS) is 21.1. The Labute approximate surface area is 85.3 Å². The Hall–Kier alpha value is -1.26. The van der Waals surface area contributed by atoms with Gasteiger partial charge in [0.05, 0.1) is 5.92 Å². The molecule has 1 aromatic rings. The molecule has 0 unspecified atom stereocenters. The fourth-order valence-electron chi connectivity index (χ4n) is 1.94. The first-order valence-corrected chi connectivity index (χ1v) is 4.77. The van der Waals surface area contributed by atoms with Crippen molar-refractivity contribution in [1.82, 2.24) is 4.98 Å². The average molecular weight is 216 g/mol. The molecule has 0 bridgehead atoms. The number of hydrogen-bond donors (Lipinski definition) is 1. The quantitative estimate of drug-likeness (QED) is 0.722. The van der Waals surface area contributed by atoms with Gasteiger partial charge >= 0.3 is 6.18 Å². The summed E-state index contributed by atoms with van der Waals surface area (Å²) in [5, 5.41) is 0. The van der Waals surface area contributed by atoms with Crippen LogP contribution >= 0.6 is 0 Å². The maximum atomic E-state index is 12.5. The van der Waals surface area contributed by atoms with Crippen molar-refractivity contribution in [2.75, 3.05) is 5.73 Å². The van der Waals surface area contributed by atoms with Crippen molar-refractivity contribution < 1.29 is 13.2 Å². The third-order valence-corrected chi connectivity index (χ3v) is 2.80. The van der Waals surface area contributed by atoms with E-state index in [9.17, 15) is 13.2 Å². The molecule has 1 atom stereocenters. The molecule has 2 N–H and O–H groups in total. The number of nitrogens with zero attached hydrogens (tertiary/aromatic N) is 1. The summed E-state index contributed by atoms with van der Waals surface area (Å²) >= 11 is 0. The van der Waals surface area contributed by atoms with Gasteiger partial charge in [-0.15, -0.1) is 0 Å². The lowest BCUT2D eigenvalue weighted by atomic mass is 9.84. The van der Waals surface area contributed by atoms with Gasteiger partial charge < -0.3 is 5.73 Å². The highest BCUT2D eigenvalue weighted by Crippen LogP contribution is 2.36. The third kappa shape index (κ3) is 2.06. The summed E-state index contributed by atoms with van der Waals surface area (Å²) in [6.45, 7) is 0. The first-order chi connectivity index (χ1) is 6.97. The van der Waals surface area contributed by atoms with Gasteiger partial charge in [0.15, 0.2) is 0 Å². The van der Waals surface area contributed by atoms with Crippen LogP contribution in [0.15, 0.2) is 12.3 Å². The lowest BCUT2D eigenvalue weighted by Gasteiger charge is -2.26. The van der Waals surface area contributed by atoms with Gasteiger partial charge in [-0.2, -0.15) is 13.2 Å². The van der Waals surface area contributed by atoms with Crippen molar-refractivity contribution in [3.05, 3.63) is 23.4 Å². The van der Waals surface area contributed by atoms with Crippen LogP contribution in [-0.2, 0) is 12.8 Å². The van der Waals surface area contributed by atoms with Gasteiger partial charge in [-0.05, 0) is 36.5 Å². The zero-order chi connectivity index (χ0) is 11.1. The summed E-state index contributed by atoms with van der Waals surface area (Å²) in [6, 6.07) is 1.67. The maximum Gasteiger partial charge on any atom is 0.392 e. The number of rotatable bonds is 0. The zero-order valence-corrected chi connectivity index (χ0v) is 8.01. The van der Waals surface area contributed by atoms with Crippen molar-refractivity contribution in [3.8, 4) is 0 Å². The number of pyridine rings is 1. The van der Waals surface area contributed by atoms with Crippen LogP contribution < -0.4 is 5.73 Å². The predicted octanol–water partition coefficient (Wildman–Crippen LogP) is 2.33. The topological polar surface area (TPSA) is 38.9 Å². The van der Waals surface area contributed by atoms with Crippen LogP contribution in [0.1, 0.15) is 17.5 Å². The molecule has 0 amide bonds. The maximum absolute atomic E-state index is 12.5. The van der Waals surface area contributed by atoms with Gasteiger partial charge in [-0.3, -0.25) is 0 Å². The molecule has 0 saturated carbocycles. The largest absolute Gasteiger partial charge is 0.392 e. The van der Waals surface area contributed by atoms with Crippen LogP contribution in [0.4, 0.5) is 19.0 Å². The Morgan fingerprint density at radius 1 is 1.33 bits per heavy atom. The number of nitrogen functional groups attached to an aromatic ring is 1. The lowest BCUT2D eigenvalue weighted by molar-refractivity contribution is -0.177. The zero-order valence-electron chi connectivity index (χ0n) is 8.01. The molecule has 82 valence electrons. The van der Waals surface area contributed by atoms with E-state index in [1.54, 1.807) is 6.07 Å². The highest BCUT2D eigenvalue weighted by Gasteiger charge is 2.41. The second kappa shape index (κ2) is 3.40. The van der Waals surface area contributed by atoms with Crippen LogP contribution in [0.5, 0.6) is 0 Å². The Bertz CT molecular complexity index is 373. The number of hydrogen-bond acceptors (Lipinski definition) is 2. The molecule has 15 heavy (non-hydrogen) atoms. The van der Waals surface area contributed by atoms with E-state index in [0.717, 1.165) is 5.56 Å². The summed E-state index contributed by atoms with van der Waals surface area (Å²) in [7, 11) is 0. The van der Waals surface area contributed by atoms with E-state index in [1.807, 2.05) is 0 Å². The Morgan fingerprint density at radius 2 is 2.07 bits per heavy atom. The minimum Gasteiger partial charge on any atom is -0.384 e. The molecule has 0 spiro atoms. The molecule has 1 aliphatic carbocycles. The van der Waals surface area contributed by atoms with E-state index in [-0.39, 0.29) is 12.8 Å². The smallest absolute Gasteiger partial charge is 0.384 e. The summed E-state index contributed by atoms with van der Waals surface area (Å²) in [5.41, 5.74) is 7.05. The molecular formula is C10H11F3N2. The fourth-order valence-corrected chi connectivity index (χ4v) is 1.94. The van der Waals surface area contributed by atoms with Crippen molar-refractivity contribution in [1.29, 1.82) is 0 Å². The number of anilines is 1.